The molecular formula is C22H23N5O. The molecule has 1 aromatic heterocycles. The van der Waals surface area contributed by atoms with Crippen molar-refractivity contribution in [3.63, 3.8) is 0 Å². The largest absolute Gasteiger partial charge is 0.352 e. The standard InChI is InChI=1S/C22H23N5O/c1-16(17-8-4-2-5-9-17)25-22-24-13-12-19(26-22)27-15-14-23-21(28)20(27)18-10-6-3-7-11-18/h2-13,16,20H,14-15H2,1H3,(H,23,28)(H,24,25,26)/t16-,20?/m0/s1. The van der Waals surface area contributed by atoms with E-state index in [1.54, 1.807) is 6.20 Å². The highest BCUT2D eigenvalue weighted by Crippen LogP contribution is 2.28. The highest BCUT2D eigenvalue weighted by molar-refractivity contribution is 5.87. The predicted octanol–water partition coefficient (Wildman–Crippen LogP) is 3.33. The van der Waals surface area contributed by atoms with Gasteiger partial charge >= 0.3 is 0 Å². The van der Waals surface area contributed by atoms with E-state index in [1.807, 2.05) is 59.5 Å². The maximum Gasteiger partial charge on any atom is 0.247 e. The van der Waals surface area contributed by atoms with Crippen LogP contribution in [-0.4, -0.2) is 29.0 Å². The Morgan fingerprint density at radius 1 is 1.07 bits per heavy atom. The summed E-state index contributed by atoms with van der Waals surface area (Å²) in [5, 5.41) is 6.31. The van der Waals surface area contributed by atoms with E-state index in [4.69, 9.17) is 4.98 Å². The smallest absolute Gasteiger partial charge is 0.247 e. The highest BCUT2D eigenvalue weighted by atomic mass is 16.2. The van der Waals surface area contributed by atoms with Crippen LogP contribution < -0.4 is 15.5 Å². The number of anilines is 2. The molecular weight excluding hydrogens is 350 g/mol. The summed E-state index contributed by atoms with van der Waals surface area (Å²) in [5.41, 5.74) is 2.11. The van der Waals surface area contributed by atoms with Gasteiger partial charge in [-0.3, -0.25) is 4.79 Å². The fraction of sp³-hybridized carbons (Fsp3) is 0.227. The number of piperazine rings is 1. The van der Waals surface area contributed by atoms with E-state index >= 15 is 0 Å². The lowest BCUT2D eigenvalue weighted by atomic mass is 10.0. The molecule has 6 nitrogen and oxygen atoms in total. The van der Waals surface area contributed by atoms with Gasteiger partial charge in [-0.05, 0) is 24.1 Å². The number of carbonyl (C=O) groups is 1. The molecule has 1 unspecified atom stereocenters. The second kappa shape index (κ2) is 8.08. The minimum absolute atomic E-state index is 0.0109. The molecule has 0 spiro atoms. The molecule has 1 saturated heterocycles. The summed E-state index contributed by atoms with van der Waals surface area (Å²) in [6.07, 6.45) is 1.73. The molecule has 1 amide bonds. The van der Waals surface area contributed by atoms with Crippen LogP contribution in [-0.2, 0) is 4.79 Å². The molecule has 28 heavy (non-hydrogen) atoms. The van der Waals surface area contributed by atoms with Gasteiger partial charge < -0.3 is 15.5 Å². The number of nitrogens with one attached hydrogen (secondary N) is 2. The van der Waals surface area contributed by atoms with Crippen molar-refractivity contribution in [2.45, 2.75) is 19.0 Å². The van der Waals surface area contributed by atoms with E-state index in [1.165, 1.54) is 0 Å². The van der Waals surface area contributed by atoms with Gasteiger partial charge in [0.1, 0.15) is 11.9 Å². The molecule has 4 rings (SSSR count). The molecule has 3 aromatic rings. The fourth-order valence-corrected chi connectivity index (χ4v) is 3.48. The van der Waals surface area contributed by atoms with Crippen molar-refractivity contribution >= 4 is 17.7 Å². The van der Waals surface area contributed by atoms with Crippen LogP contribution in [0.3, 0.4) is 0 Å². The first kappa shape index (κ1) is 18.0. The number of hydrogen-bond donors (Lipinski definition) is 2. The van der Waals surface area contributed by atoms with Crippen LogP contribution in [0.25, 0.3) is 0 Å². The predicted molar refractivity (Wildman–Crippen MR) is 110 cm³/mol. The molecule has 2 atom stereocenters. The molecule has 1 aliphatic heterocycles. The minimum atomic E-state index is -0.399. The maximum absolute atomic E-state index is 12.6. The van der Waals surface area contributed by atoms with Crippen LogP contribution in [0.4, 0.5) is 11.8 Å². The number of carbonyl (C=O) groups excluding carboxylic acids is 1. The van der Waals surface area contributed by atoms with E-state index in [-0.39, 0.29) is 11.9 Å². The van der Waals surface area contributed by atoms with Gasteiger partial charge in [-0.2, -0.15) is 4.98 Å². The summed E-state index contributed by atoms with van der Waals surface area (Å²) in [5.74, 6) is 1.27. The SMILES string of the molecule is C[C@H](Nc1nccc(N2CCNC(=O)C2c2ccccc2)n1)c1ccccc1. The topological polar surface area (TPSA) is 70.2 Å². The van der Waals surface area contributed by atoms with Crippen LogP contribution in [0, 0.1) is 0 Å². The monoisotopic (exact) mass is 373 g/mol. The summed E-state index contributed by atoms with van der Waals surface area (Å²) in [6.45, 7) is 3.36. The molecule has 6 heteroatoms. The highest BCUT2D eigenvalue weighted by Gasteiger charge is 2.32. The van der Waals surface area contributed by atoms with Gasteiger partial charge in [0.25, 0.3) is 0 Å². The lowest BCUT2D eigenvalue weighted by Gasteiger charge is -2.36. The molecule has 2 heterocycles. The van der Waals surface area contributed by atoms with Crippen molar-refractivity contribution in [1.29, 1.82) is 0 Å². The van der Waals surface area contributed by atoms with Crippen LogP contribution in [0.5, 0.6) is 0 Å². The Hall–Kier alpha value is -3.41. The number of hydrogen-bond acceptors (Lipinski definition) is 5. The summed E-state index contributed by atoms with van der Waals surface area (Å²) in [7, 11) is 0. The number of benzene rings is 2. The van der Waals surface area contributed by atoms with Crippen molar-refractivity contribution < 1.29 is 4.79 Å². The Balaban J connectivity index is 1.59. The first-order valence-corrected chi connectivity index (χ1v) is 9.46. The van der Waals surface area contributed by atoms with Gasteiger partial charge in [0.05, 0.1) is 6.04 Å². The second-order valence-electron chi connectivity index (χ2n) is 6.81. The molecule has 1 fully saturated rings. The summed E-state index contributed by atoms with van der Waals surface area (Å²) in [6, 6.07) is 21.5. The molecule has 0 bridgehead atoms. The second-order valence-corrected chi connectivity index (χ2v) is 6.81. The lowest BCUT2D eigenvalue weighted by molar-refractivity contribution is -0.123. The van der Waals surface area contributed by atoms with Gasteiger partial charge in [-0.1, -0.05) is 60.7 Å². The van der Waals surface area contributed by atoms with Crippen molar-refractivity contribution in [1.82, 2.24) is 15.3 Å². The molecule has 0 radical (unpaired) electrons. The summed E-state index contributed by atoms with van der Waals surface area (Å²) in [4.78, 5) is 23.7. The van der Waals surface area contributed by atoms with Crippen molar-refractivity contribution in [2.24, 2.45) is 0 Å². The zero-order valence-corrected chi connectivity index (χ0v) is 15.7. The average molecular weight is 373 g/mol. The summed E-state index contributed by atoms with van der Waals surface area (Å²) < 4.78 is 0. The first-order chi connectivity index (χ1) is 13.7. The Kier molecular flexibility index (Phi) is 5.19. The van der Waals surface area contributed by atoms with Crippen LogP contribution in [0.2, 0.25) is 0 Å². The van der Waals surface area contributed by atoms with Crippen LogP contribution in [0.1, 0.15) is 30.1 Å². The van der Waals surface area contributed by atoms with E-state index in [0.29, 0.717) is 19.0 Å². The van der Waals surface area contributed by atoms with Gasteiger partial charge in [0.2, 0.25) is 11.9 Å². The summed E-state index contributed by atoms with van der Waals surface area (Å²) >= 11 is 0. The molecule has 2 aromatic carbocycles. The Morgan fingerprint density at radius 2 is 1.79 bits per heavy atom. The van der Waals surface area contributed by atoms with E-state index < -0.39 is 6.04 Å². The van der Waals surface area contributed by atoms with Crippen LogP contribution in [0.15, 0.2) is 72.9 Å². The molecule has 0 aliphatic carbocycles. The quantitative estimate of drug-likeness (QED) is 0.718. The normalized spacial score (nSPS) is 17.7. The zero-order chi connectivity index (χ0) is 19.3. The molecule has 1 aliphatic rings. The van der Waals surface area contributed by atoms with Crippen LogP contribution >= 0.6 is 0 Å². The third kappa shape index (κ3) is 3.81. The number of amides is 1. The Bertz CT molecular complexity index is 932. The molecule has 142 valence electrons. The van der Waals surface area contributed by atoms with E-state index in [0.717, 1.165) is 16.9 Å². The Morgan fingerprint density at radius 3 is 2.54 bits per heavy atom. The van der Waals surface area contributed by atoms with Crippen molar-refractivity contribution in [2.75, 3.05) is 23.3 Å². The third-order valence-electron chi connectivity index (χ3n) is 4.91. The number of aromatic nitrogens is 2. The van der Waals surface area contributed by atoms with Crippen molar-refractivity contribution in [3.8, 4) is 0 Å². The van der Waals surface area contributed by atoms with Crippen molar-refractivity contribution in [3.05, 3.63) is 84.1 Å². The lowest BCUT2D eigenvalue weighted by Crippen LogP contribution is -2.50. The molecule has 0 saturated carbocycles. The first-order valence-electron chi connectivity index (χ1n) is 9.46. The zero-order valence-electron chi connectivity index (χ0n) is 15.7. The maximum atomic E-state index is 12.6. The minimum Gasteiger partial charge on any atom is -0.352 e. The van der Waals surface area contributed by atoms with Gasteiger partial charge in [0, 0.05) is 19.3 Å². The fourth-order valence-electron chi connectivity index (χ4n) is 3.48. The van der Waals surface area contributed by atoms with Gasteiger partial charge in [-0.15, -0.1) is 0 Å². The number of rotatable bonds is 5. The van der Waals surface area contributed by atoms with E-state index in [2.05, 4.69) is 34.7 Å². The van der Waals surface area contributed by atoms with Gasteiger partial charge in [-0.25, -0.2) is 4.98 Å². The third-order valence-corrected chi connectivity index (χ3v) is 4.91. The molecule has 2 N–H and O–H groups in total. The Labute approximate surface area is 164 Å². The number of nitrogens with zero attached hydrogens (tertiary/aromatic N) is 3. The average Bonchev–Trinajstić information content (AvgIpc) is 2.75. The van der Waals surface area contributed by atoms with E-state index in [9.17, 15) is 4.79 Å². The van der Waals surface area contributed by atoms with Gasteiger partial charge in [0.15, 0.2) is 0 Å².